The second-order valence-corrected chi connectivity index (χ2v) is 6.24. The van der Waals surface area contributed by atoms with Gasteiger partial charge in [0.05, 0.1) is 25.0 Å². The number of amides is 1. The molecule has 7 heteroatoms. The van der Waals surface area contributed by atoms with E-state index in [0.717, 1.165) is 0 Å². The van der Waals surface area contributed by atoms with Gasteiger partial charge in [-0.2, -0.15) is 0 Å². The number of hydrogen-bond acceptors (Lipinski definition) is 5. The highest BCUT2D eigenvalue weighted by Gasteiger charge is 2.12. The molecule has 0 saturated heterocycles. The normalized spacial score (nSPS) is 10.4. The minimum atomic E-state index is -1.07. The molecular formula is C20H23NO6. The van der Waals surface area contributed by atoms with E-state index in [1.54, 1.807) is 18.2 Å². The van der Waals surface area contributed by atoms with Gasteiger partial charge in [0.1, 0.15) is 17.2 Å². The van der Waals surface area contributed by atoms with E-state index in [2.05, 4.69) is 19.2 Å². The van der Waals surface area contributed by atoms with Crippen LogP contribution in [0.2, 0.25) is 0 Å². The number of carboxylic acid groups (broad SMARTS) is 1. The van der Waals surface area contributed by atoms with Crippen molar-refractivity contribution in [2.24, 2.45) is 5.92 Å². The van der Waals surface area contributed by atoms with Crippen molar-refractivity contribution in [1.82, 2.24) is 0 Å². The Morgan fingerprint density at radius 3 is 2.41 bits per heavy atom. The van der Waals surface area contributed by atoms with Crippen molar-refractivity contribution in [2.45, 2.75) is 13.8 Å². The van der Waals surface area contributed by atoms with Crippen LogP contribution in [-0.2, 0) is 4.79 Å². The molecule has 144 valence electrons. The lowest BCUT2D eigenvalue weighted by Gasteiger charge is -2.12. The topological polar surface area (TPSA) is 94.1 Å². The van der Waals surface area contributed by atoms with Gasteiger partial charge in [-0.05, 0) is 36.2 Å². The smallest absolute Gasteiger partial charge is 0.335 e. The number of nitrogens with one attached hydrogen (secondary N) is 1. The van der Waals surface area contributed by atoms with Crippen LogP contribution in [0.1, 0.15) is 24.2 Å². The quantitative estimate of drug-likeness (QED) is 0.699. The van der Waals surface area contributed by atoms with E-state index < -0.39 is 11.9 Å². The van der Waals surface area contributed by atoms with Crippen LogP contribution in [0.25, 0.3) is 0 Å². The Morgan fingerprint density at radius 2 is 1.78 bits per heavy atom. The Kier molecular flexibility index (Phi) is 7.05. The summed E-state index contributed by atoms with van der Waals surface area (Å²) in [6, 6.07) is 11.3. The predicted molar refractivity (Wildman–Crippen MR) is 101 cm³/mol. The van der Waals surface area contributed by atoms with Gasteiger partial charge in [-0.25, -0.2) is 4.79 Å². The molecule has 0 saturated carbocycles. The molecule has 0 aliphatic rings. The van der Waals surface area contributed by atoms with E-state index in [1.807, 2.05) is 6.07 Å². The van der Waals surface area contributed by atoms with E-state index in [0.29, 0.717) is 29.7 Å². The van der Waals surface area contributed by atoms with Crippen molar-refractivity contribution < 1.29 is 28.9 Å². The number of hydrogen-bond donors (Lipinski definition) is 2. The lowest BCUT2D eigenvalue weighted by Crippen LogP contribution is -2.20. The summed E-state index contributed by atoms with van der Waals surface area (Å²) in [7, 11) is 1.40. The summed E-state index contributed by atoms with van der Waals surface area (Å²) >= 11 is 0. The Morgan fingerprint density at radius 1 is 1.07 bits per heavy atom. The summed E-state index contributed by atoms with van der Waals surface area (Å²) in [6.45, 7) is 4.50. The average Bonchev–Trinajstić information content (AvgIpc) is 2.65. The Labute approximate surface area is 157 Å². The van der Waals surface area contributed by atoms with Crippen molar-refractivity contribution in [1.29, 1.82) is 0 Å². The number of anilines is 1. The number of rotatable bonds is 9. The SMILES string of the molecule is COc1cc(C(=O)O)ccc1NC(=O)COc1cccc(OCC(C)C)c1. The van der Waals surface area contributed by atoms with Crippen LogP contribution in [0.3, 0.4) is 0 Å². The van der Waals surface area contributed by atoms with Crippen molar-refractivity contribution in [3.05, 3.63) is 48.0 Å². The molecule has 0 atom stereocenters. The first kappa shape index (κ1) is 20.1. The summed E-state index contributed by atoms with van der Waals surface area (Å²) in [5.41, 5.74) is 0.435. The maximum Gasteiger partial charge on any atom is 0.335 e. The molecule has 2 aromatic carbocycles. The summed E-state index contributed by atoms with van der Waals surface area (Å²) in [5.74, 6) is 0.376. The fraction of sp³-hybridized carbons (Fsp3) is 0.300. The van der Waals surface area contributed by atoms with Gasteiger partial charge < -0.3 is 24.6 Å². The predicted octanol–water partition coefficient (Wildman–Crippen LogP) is 3.45. The van der Waals surface area contributed by atoms with Crippen LogP contribution in [0.4, 0.5) is 5.69 Å². The summed E-state index contributed by atoms with van der Waals surface area (Å²) in [4.78, 5) is 23.1. The zero-order valence-corrected chi connectivity index (χ0v) is 15.5. The van der Waals surface area contributed by atoms with Crippen LogP contribution < -0.4 is 19.5 Å². The average molecular weight is 373 g/mol. The van der Waals surface area contributed by atoms with Gasteiger partial charge in [0, 0.05) is 6.07 Å². The van der Waals surface area contributed by atoms with Crippen molar-refractivity contribution in [3.8, 4) is 17.2 Å². The van der Waals surface area contributed by atoms with Crippen molar-refractivity contribution in [2.75, 3.05) is 25.6 Å². The zero-order chi connectivity index (χ0) is 19.8. The molecular weight excluding hydrogens is 350 g/mol. The third-order valence-corrected chi connectivity index (χ3v) is 3.48. The summed E-state index contributed by atoms with van der Waals surface area (Å²) in [5, 5.41) is 11.6. The molecule has 2 aromatic rings. The minimum absolute atomic E-state index is 0.0688. The first-order valence-electron chi connectivity index (χ1n) is 8.46. The van der Waals surface area contributed by atoms with Crippen LogP contribution in [-0.4, -0.2) is 37.3 Å². The first-order chi connectivity index (χ1) is 12.9. The van der Waals surface area contributed by atoms with E-state index in [-0.39, 0.29) is 17.9 Å². The number of ether oxygens (including phenoxy) is 3. The molecule has 0 unspecified atom stereocenters. The fourth-order valence-corrected chi connectivity index (χ4v) is 2.18. The zero-order valence-electron chi connectivity index (χ0n) is 15.5. The highest BCUT2D eigenvalue weighted by Crippen LogP contribution is 2.26. The second-order valence-electron chi connectivity index (χ2n) is 6.24. The first-order valence-corrected chi connectivity index (χ1v) is 8.46. The maximum atomic E-state index is 12.1. The van der Waals surface area contributed by atoms with Gasteiger partial charge in [-0.1, -0.05) is 19.9 Å². The monoisotopic (exact) mass is 373 g/mol. The molecule has 2 rings (SSSR count). The number of carbonyl (C=O) groups is 2. The maximum absolute atomic E-state index is 12.1. The Hall–Kier alpha value is -3.22. The molecule has 7 nitrogen and oxygen atoms in total. The third kappa shape index (κ3) is 6.22. The molecule has 0 aromatic heterocycles. The summed E-state index contributed by atoms with van der Waals surface area (Å²) < 4.78 is 16.2. The van der Waals surface area contributed by atoms with Gasteiger partial charge in [-0.15, -0.1) is 0 Å². The number of methoxy groups -OCH3 is 1. The van der Waals surface area contributed by atoms with Gasteiger partial charge in [0.25, 0.3) is 5.91 Å². The molecule has 0 radical (unpaired) electrons. The van der Waals surface area contributed by atoms with Crippen LogP contribution in [0, 0.1) is 5.92 Å². The molecule has 27 heavy (non-hydrogen) atoms. The van der Waals surface area contributed by atoms with Gasteiger partial charge >= 0.3 is 5.97 Å². The highest BCUT2D eigenvalue weighted by atomic mass is 16.5. The highest BCUT2D eigenvalue weighted by molar-refractivity contribution is 5.95. The largest absolute Gasteiger partial charge is 0.495 e. The number of benzene rings is 2. The molecule has 1 amide bonds. The molecule has 0 bridgehead atoms. The van der Waals surface area contributed by atoms with Gasteiger partial charge in [0.15, 0.2) is 6.61 Å². The standard InChI is InChI=1S/C20H23NO6/c1-13(2)11-26-15-5-4-6-16(10-15)27-12-19(22)21-17-8-7-14(20(23)24)9-18(17)25-3/h4-10,13H,11-12H2,1-3H3,(H,21,22)(H,23,24). The van der Waals surface area contributed by atoms with Gasteiger partial charge in [0.2, 0.25) is 0 Å². The van der Waals surface area contributed by atoms with E-state index in [9.17, 15) is 9.59 Å². The molecule has 0 aliphatic carbocycles. The summed E-state index contributed by atoms with van der Waals surface area (Å²) in [6.07, 6.45) is 0. The lowest BCUT2D eigenvalue weighted by molar-refractivity contribution is -0.118. The Bertz CT molecular complexity index is 803. The van der Waals surface area contributed by atoms with Gasteiger partial charge in [-0.3, -0.25) is 4.79 Å². The third-order valence-electron chi connectivity index (χ3n) is 3.48. The van der Waals surface area contributed by atoms with E-state index in [1.165, 1.54) is 25.3 Å². The molecule has 2 N–H and O–H groups in total. The lowest BCUT2D eigenvalue weighted by atomic mass is 10.2. The van der Waals surface area contributed by atoms with E-state index in [4.69, 9.17) is 19.3 Å². The van der Waals surface area contributed by atoms with Crippen LogP contribution in [0.15, 0.2) is 42.5 Å². The van der Waals surface area contributed by atoms with E-state index >= 15 is 0 Å². The number of aromatic carboxylic acids is 1. The van der Waals surface area contributed by atoms with Crippen LogP contribution in [0.5, 0.6) is 17.2 Å². The fourth-order valence-electron chi connectivity index (χ4n) is 2.18. The van der Waals surface area contributed by atoms with Crippen molar-refractivity contribution in [3.63, 3.8) is 0 Å². The molecule has 0 aliphatic heterocycles. The Balaban J connectivity index is 1.95. The molecule has 0 fully saturated rings. The molecule has 0 heterocycles. The number of carbonyl (C=O) groups excluding carboxylic acids is 1. The van der Waals surface area contributed by atoms with Crippen LogP contribution >= 0.6 is 0 Å². The second kappa shape index (κ2) is 9.47. The molecule has 0 spiro atoms. The number of carboxylic acids is 1. The van der Waals surface area contributed by atoms with Crippen molar-refractivity contribution >= 4 is 17.6 Å². The minimum Gasteiger partial charge on any atom is -0.495 e.